The van der Waals surface area contributed by atoms with Crippen LogP contribution in [-0.2, 0) is 11.3 Å². The topological polar surface area (TPSA) is 42.7 Å². The van der Waals surface area contributed by atoms with Gasteiger partial charge in [-0.3, -0.25) is 4.90 Å². The highest BCUT2D eigenvalue weighted by molar-refractivity contribution is 5.80. The quantitative estimate of drug-likeness (QED) is 0.796. The third kappa shape index (κ3) is 3.33. The minimum absolute atomic E-state index is 0.252. The van der Waals surface area contributed by atoms with Gasteiger partial charge in [0.15, 0.2) is 0 Å². The van der Waals surface area contributed by atoms with Gasteiger partial charge in [0.1, 0.15) is 5.58 Å². The van der Waals surface area contributed by atoms with Gasteiger partial charge < -0.3 is 9.15 Å². The molecule has 0 bridgehead atoms. The monoisotopic (exact) mass is 313 g/mol. The zero-order chi connectivity index (χ0) is 15.8. The number of nitrogens with zero attached hydrogens (tertiary/aromatic N) is 1. The van der Waals surface area contributed by atoms with Crippen LogP contribution < -0.4 is 5.63 Å². The van der Waals surface area contributed by atoms with Crippen LogP contribution in [0.15, 0.2) is 33.5 Å². The molecule has 0 radical (unpaired) electrons. The summed E-state index contributed by atoms with van der Waals surface area (Å²) in [4.78, 5) is 14.5. The van der Waals surface area contributed by atoms with E-state index in [2.05, 4.69) is 17.0 Å². The van der Waals surface area contributed by atoms with Crippen molar-refractivity contribution in [3.8, 4) is 0 Å². The molecule has 0 spiro atoms. The maximum absolute atomic E-state index is 11.9. The lowest BCUT2D eigenvalue weighted by Crippen LogP contribution is -2.31. The van der Waals surface area contributed by atoms with Gasteiger partial charge in [-0.1, -0.05) is 12.1 Å². The van der Waals surface area contributed by atoms with Gasteiger partial charge in [0.25, 0.3) is 0 Å². The molecular weight excluding hydrogens is 290 g/mol. The van der Waals surface area contributed by atoms with Crippen LogP contribution in [0.2, 0.25) is 0 Å². The fourth-order valence-corrected chi connectivity index (χ4v) is 3.53. The largest absolute Gasteiger partial charge is 0.423 e. The molecule has 4 rings (SSSR count). The van der Waals surface area contributed by atoms with Gasteiger partial charge in [0, 0.05) is 37.2 Å². The Morgan fingerprint density at radius 3 is 2.83 bits per heavy atom. The Morgan fingerprint density at radius 1 is 1.22 bits per heavy atom. The fraction of sp³-hybridized carbons (Fsp3) is 0.526. The van der Waals surface area contributed by atoms with Gasteiger partial charge >= 0.3 is 5.63 Å². The van der Waals surface area contributed by atoms with Crippen molar-refractivity contribution >= 4 is 11.0 Å². The molecule has 2 fully saturated rings. The van der Waals surface area contributed by atoms with E-state index in [0.717, 1.165) is 49.2 Å². The molecule has 1 unspecified atom stereocenters. The van der Waals surface area contributed by atoms with E-state index in [1.807, 2.05) is 13.0 Å². The second kappa shape index (κ2) is 6.10. The number of rotatable bonds is 5. The Kier molecular flexibility index (Phi) is 3.95. The van der Waals surface area contributed by atoms with E-state index in [1.165, 1.54) is 12.8 Å². The number of benzene rings is 1. The number of hydrogen-bond acceptors (Lipinski definition) is 4. The van der Waals surface area contributed by atoms with Crippen molar-refractivity contribution in [2.24, 2.45) is 5.92 Å². The molecule has 1 saturated carbocycles. The normalized spacial score (nSPS) is 21.4. The van der Waals surface area contributed by atoms with Gasteiger partial charge in [0.2, 0.25) is 0 Å². The van der Waals surface area contributed by atoms with Gasteiger partial charge in [-0.05, 0) is 49.3 Å². The van der Waals surface area contributed by atoms with Crippen LogP contribution in [-0.4, -0.2) is 30.7 Å². The Labute approximate surface area is 136 Å². The molecule has 2 heterocycles. The second-order valence-electron chi connectivity index (χ2n) is 6.98. The summed E-state index contributed by atoms with van der Waals surface area (Å²) < 4.78 is 10.9. The molecule has 1 aliphatic heterocycles. The molecule has 23 heavy (non-hydrogen) atoms. The lowest BCUT2D eigenvalue weighted by atomic mass is 10.1. The van der Waals surface area contributed by atoms with Crippen LogP contribution >= 0.6 is 0 Å². The summed E-state index contributed by atoms with van der Waals surface area (Å²) >= 11 is 0. The van der Waals surface area contributed by atoms with E-state index in [-0.39, 0.29) is 5.63 Å². The van der Waals surface area contributed by atoms with Gasteiger partial charge in [-0.25, -0.2) is 4.79 Å². The highest BCUT2D eigenvalue weighted by Gasteiger charge is 2.32. The van der Waals surface area contributed by atoms with E-state index in [9.17, 15) is 4.79 Å². The second-order valence-corrected chi connectivity index (χ2v) is 6.98. The van der Waals surface area contributed by atoms with Crippen molar-refractivity contribution in [3.05, 3.63) is 45.8 Å². The van der Waals surface area contributed by atoms with Crippen molar-refractivity contribution < 1.29 is 9.15 Å². The van der Waals surface area contributed by atoms with Crippen molar-refractivity contribution in [1.29, 1.82) is 0 Å². The maximum Gasteiger partial charge on any atom is 0.336 e. The average Bonchev–Trinajstić information content (AvgIpc) is 3.24. The summed E-state index contributed by atoms with van der Waals surface area (Å²) in [7, 11) is 0. The van der Waals surface area contributed by atoms with E-state index >= 15 is 0 Å². The summed E-state index contributed by atoms with van der Waals surface area (Å²) in [6.07, 6.45) is 3.69. The molecule has 2 aromatic rings. The number of ether oxygens (including phenoxy) is 1. The van der Waals surface area contributed by atoms with Crippen molar-refractivity contribution in [3.63, 3.8) is 0 Å². The Balaban J connectivity index is 1.63. The SMILES string of the molecule is Cc1ccc2c(CN(CC3CCOC3)C3CC3)cc(=O)oc2c1. The van der Waals surface area contributed by atoms with Gasteiger partial charge in [-0.15, -0.1) is 0 Å². The standard InChI is InChI=1S/C19H23NO3/c1-13-2-5-17-15(9-19(21)23-18(17)8-13)11-20(16-3-4-16)10-14-6-7-22-12-14/h2,5,8-9,14,16H,3-4,6-7,10-12H2,1H3. The first-order chi connectivity index (χ1) is 11.2. The molecule has 0 amide bonds. The van der Waals surface area contributed by atoms with Crippen LogP contribution in [0.25, 0.3) is 11.0 Å². The van der Waals surface area contributed by atoms with E-state index in [0.29, 0.717) is 17.5 Å². The molecule has 0 N–H and O–H groups in total. The zero-order valence-corrected chi connectivity index (χ0v) is 13.6. The molecule has 1 aromatic heterocycles. The van der Waals surface area contributed by atoms with Gasteiger partial charge in [-0.2, -0.15) is 0 Å². The molecule has 122 valence electrons. The molecular formula is C19H23NO3. The number of fused-ring (bicyclic) bond motifs is 1. The summed E-state index contributed by atoms with van der Waals surface area (Å²) in [6, 6.07) is 8.44. The van der Waals surface area contributed by atoms with Crippen LogP contribution in [0.3, 0.4) is 0 Å². The molecule has 1 aliphatic carbocycles. The Morgan fingerprint density at radius 2 is 2.09 bits per heavy atom. The minimum atomic E-state index is -0.252. The van der Waals surface area contributed by atoms with Crippen molar-refractivity contribution in [2.45, 2.75) is 38.8 Å². The average molecular weight is 313 g/mol. The van der Waals surface area contributed by atoms with E-state index < -0.39 is 0 Å². The molecule has 4 nitrogen and oxygen atoms in total. The third-order valence-electron chi connectivity index (χ3n) is 4.94. The first-order valence-corrected chi connectivity index (χ1v) is 8.54. The maximum atomic E-state index is 11.9. The molecule has 1 saturated heterocycles. The first kappa shape index (κ1) is 14.9. The minimum Gasteiger partial charge on any atom is -0.423 e. The lowest BCUT2D eigenvalue weighted by Gasteiger charge is -2.25. The fourth-order valence-electron chi connectivity index (χ4n) is 3.53. The molecule has 1 aromatic carbocycles. The molecule has 4 heteroatoms. The van der Waals surface area contributed by atoms with Crippen LogP contribution in [0, 0.1) is 12.8 Å². The summed E-state index contributed by atoms with van der Waals surface area (Å²) in [5, 5.41) is 1.06. The van der Waals surface area contributed by atoms with Crippen LogP contribution in [0.4, 0.5) is 0 Å². The van der Waals surface area contributed by atoms with Crippen molar-refractivity contribution in [2.75, 3.05) is 19.8 Å². The highest BCUT2D eigenvalue weighted by atomic mass is 16.5. The predicted molar refractivity (Wildman–Crippen MR) is 89.6 cm³/mol. The first-order valence-electron chi connectivity index (χ1n) is 8.54. The number of hydrogen-bond donors (Lipinski definition) is 0. The van der Waals surface area contributed by atoms with Gasteiger partial charge in [0.05, 0.1) is 6.61 Å². The van der Waals surface area contributed by atoms with Crippen LogP contribution in [0.1, 0.15) is 30.4 Å². The summed E-state index contributed by atoms with van der Waals surface area (Å²) in [6.45, 7) is 5.67. The Hall–Kier alpha value is -1.65. The predicted octanol–water partition coefficient (Wildman–Crippen LogP) is 3.10. The van der Waals surface area contributed by atoms with Crippen molar-refractivity contribution in [1.82, 2.24) is 4.90 Å². The Bertz CT molecular complexity index is 757. The van der Waals surface area contributed by atoms with E-state index in [1.54, 1.807) is 6.07 Å². The molecule has 2 aliphatic rings. The smallest absolute Gasteiger partial charge is 0.336 e. The van der Waals surface area contributed by atoms with E-state index in [4.69, 9.17) is 9.15 Å². The molecule has 1 atom stereocenters. The zero-order valence-electron chi connectivity index (χ0n) is 13.6. The summed E-state index contributed by atoms with van der Waals surface area (Å²) in [5.41, 5.74) is 2.65. The lowest BCUT2D eigenvalue weighted by molar-refractivity contribution is 0.161. The number of aryl methyl sites for hydroxylation is 1. The summed E-state index contributed by atoms with van der Waals surface area (Å²) in [5.74, 6) is 0.629. The highest BCUT2D eigenvalue weighted by Crippen LogP contribution is 2.31. The third-order valence-corrected chi connectivity index (χ3v) is 4.94. The van der Waals surface area contributed by atoms with Crippen LogP contribution in [0.5, 0.6) is 0 Å².